The van der Waals surface area contributed by atoms with Crippen molar-refractivity contribution in [3.63, 3.8) is 0 Å². The number of aromatic hydroxyl groups is 3. The Kier molecular flexibility index (Phi) is 8.31. The molecule has 6 nitrogen and oxygen atoms in total. The fraction of sp³-hybridized carbons (Fsp3) is 0.367. The summed E-state index contributed by atoms with van der Waals surface area (Å²) < 4.78 is 6.19. The van der Waals surface area contributed by atoms with E-state index in [-0.39, 0.29) is 47.0 Å². The number of Topliss-reactive ketones (excluding diaryl/α,β-unsaturated/α-hetero) is 1. The summed E-state index contributed by atoms with van der Waals surface area (Å²) in [4.78, 5) is 13.4. The number of rotatable bonds is 7. The van der Waals surface area contributed by atoms with Crippen LogP contribution in [0.5, 0.6) is 23.0 Å². The number of phenols is 3. The number of fused-ring (bicyclic) bond motifs is 1. The molecule has 1 aliphatic heterocycles. The molecule has 192 valence electrons. The van der Waals surface area contributed by atoms with Crippen molar-refractivity contribution in [1.82, 2.24) is 0 Å². The minimum Gasteiger partial charge on any atom is -0.508 e. The van der Waals surface area contributed by atoms with Crippen molar-refractivity contribution >= 4 is 5.78 Å². The number of aliphatic hydroxyl groups excluding tert-OH is 1. The Bertz CT molecular complexity index is 1250. The van der Waals surface area contributed by atoms with Gasteiger partial charge in [0, 0.05) is 11.1 Å². The maximum absolute atomic E-state index is 13.4. The lowest BCUT2D eigenvalue weighted by molar-refractivity contribution is 0.0205. The Balaban J connectivity index is 2.17. The summed E-state index contributed by atoms with van der Waals surface area (Å²) in [7, 11) is 0. The number of allylic oxidation sites excluding steroid dienone is 6. The van der Waals surface area contributed by atoms with Crippen molar-refractivity contribution in [3.05, 3.63) is 81.0 Å². The lowest BCUT2D eigenvalue weighted by Crippen LogP contribution is -2.37. The largest absolute Gasteiger partial charge is 0.508 e. The average molecular weight is 493 g/mol. The first-order chi connectivity index (χ1) is 16.9. The molecule has 0 saturated heterocycles. The van der Waals surface area contributed by atoms with Crippen LogP contribution in [0.15, 0.2) is 53.1 Å². The molecular weight excluding hydrogens is 456 g/mol. The third-order valence-corrected chi connectivity index (χ3v) is 6.23. The molecule has 36 heavy (non-hydrogen) atoms. The monoisotopic (exact) mass is 492 g/mol. The van der Waals surface area contributed by atoms with E-state index in [0.29, 0.717) is 23.1 Å². The SMILES string of the molecule is CC(C)=CCc1cc([C@H]2Oc3c(CC=C(C)C)c(O)c(CC=C(C)C)c(O)c3C(=O)[C@@H]2O)ccc1O. The van der Waals surface area contributed by atoms with E-state index in [4.69, 9.17) is 4.74 Å². The Morgan fingerprint density at radius 2 is 1.39 bits per heavy atom. The lowest BCUT2D eigenvalue weighted by Gasteiger charge is -2.33. The molecule has 6 heteroatoms. The van der Waals surface area contributed by atoms with Gasteiger partial charge >= 0.3 is 0 Å². The number of ether oxygens (including phenoxy) is 1. The number of hydrogen-bond donors (Lipinski definition) is 4. The third-order valence-electron chi connectivity index (χ3n) is 6.23. The smallest absolute Gasteiger partial charge is 0.202 e. The van der Waals surface area contributed by atoms with Crippen molar-refractivity contribution in [2.45, 2.75) is 73.0 Å². The number of carbonyl (C=O) groups excluding carboxylic acids is 1. The summed E-state index contributed by atoms with van der Waals surface area (Å²) in [6.45, 7) is 11.6. The molecule has 0 saturated carbocycles. The molecule has 0 aromatic heterocycles. The van der Waals surface area contributed by atoms with E-state index in [0.717, 1.165) is 16.7 Å². The second kappa shape index (κ2) is 11.0. The predicted octanol–water partition coefficient (Wildman–Crippen LogP) is 6.01. The van der Waals surface area contributed by atoms with E-state index in [9.17, 15) is 25.2 Å². The zero-order valence-electron chi connectivity index (χ0n) is 21.8. The van der Waals surface area contributed by atoms with E-state index in [2.05, 4.69) is 0 Å². The highest BCUT2D eigenvalue weighted by molar-refractivity contribution is 6.06. The summed E-state index contributed by atoms with van der Waals surface area (Å²) >= 11 is 0. The van der Waals surface area contributed by atoms with Crippen LogP contribution in [0.3, 0.4) is 0 Å². The Morgan fingerprint density at radius 3 is 1.97 bits per heavy atom. The molecular formula is C30H36O6. The topological polar surface area (TPSA) is 107 Å². The molecule has 1 heterocycles. The lowest BCUT2D eigenvalue weighted by atomic mass is 9.87. The Morgan fingerprint density at radius 1 is 0.833 bits per heavy atom. The number of ketones is 1. The van der Waals surface area contributed by atoms with Gasteiger partial charge in [-0.2, -0.15) is 0 Å². The molecule has 2 aromatic carbocycles. The van der Waals surface area contributed by atoms with E-state index in [1.807, 2.05) is 59.8 Å². The normalized spacial score (nSPS) is 16.6. The molecule has 3 rings (SSSR count). The van der Waals surface area contributed by atoms with E-state index < -0.39 is 18.0 Å². The van der Waals surface area contributed by atoms with E-state index >= 15 is 0 Å². The fourth-order valence-electron chi connectivity index (χ4n) is 4.15. The van der Waals surface area contributed by atoms with Crippen LogP contribution in [0.1, 0.15) is 80.3 Å². The summed E-state index contributed by atoms with van der Waals surface area (Å²) in [6.07, 6.45) is 4.09. The van der Waals surface area contributed by atoms with E-state index in [1.54, 1.807) is 12.1 Å². The van der Waals surface area contributed by atoms with Crippen LogP contribution in [-0.2, 0) is 19.3 Å². The fourth-order valence-corrected chi connectivity index (χ4v) is 4.15. The minimum absolute atomic E-state index is 0.0719. The molecule has 4 N–H and O–H groups in total. The van der Waals surface area contributed by atoms with Gasteiger partial charge in [0.15, 0.2) is 12.2 Å². The molecule has 0 bridgehead atoms. The highest BCUT2D eigenvalue weighted by Gasteiger charge is 2.42. The molecule has 2 aromatic rings. The van der Waals surface area contributed by atoms with Crippen LogP contribution in [0, 0.1) is 0 Å². The van der Waals surface area contributed by atoms with Crippen molar-refractivity contribution in [2.75, 3.05) is 0 Å². The first kappa shape index (κ1) is 27.1. The van der Waals surface area contributed by atoms with Gasteiger partial charge in [-0.25, -0.2) is 0 Å². The van der Waals surface area contributed by atoms with Crippen molar-refractivity contribution in [3.8, 4) is 23.0 Å². The number of aliphatic hydroxyl groups is 1. The van der Waals surface area contributed by atoms with Gasteiger partial charge in [0.2, 0.25) is 5.78 Å². The van der Waals surface area contributed by atoms with Crippen LogP contribution in [-0.4, -0.2) is 32.3 Å². The molecule has 0 amide bonds. The van der Waals surface area contributed by atoms with Gasteiger partial charge in [0.1, 0.15) is 28.6 Å². The molecule has 0 fully saturated rings. The summed E-state index contributed by atoms with van der Waals surface area (Å²) in [5, 5.41) is 43.5. The standard InChI is InChI=1S/C30H36O6/c1-16(2)7-10-19-15-20(11-14-23(19)31)29-28(35)27(34)24-26(33)21(12-8-17(3)4)25(32)22(30(24)36-29)13-9-18(5)6/h7-9,11,14-15,28-29,31-33,35H,10,12-13H2,1-6H3/t28-,29+/m0/s1. The van der Waals surface area contributed by atoms with Crippen LogP contribution in [0.25, 0.3) is 0 Å². The highest BCUT2D eigenvalue weighted by Crippen LogP contribution is 2.49. The highest BCUT2D eigenvalue weighted by atomic mass is 16.5. The van der Waals surface area contributed by atoms with Gasteiger partial charge < -0.3 is 25.2 Å². The van der Waals surface area contributed by atoms with Gasteiger partial charge in [0.25, 0.3) is 0 Å². The van der Waals surface area contributed by atoms with Crippen molar-refractivity contribution < 1.29 is 30.0 Å². The predicted molar refractivity (Wildman–Crippen MR) is 141 cm³/mol. The van der Waals surface area contributed by atoms with E-state index in [1.165, 1.54) is 6.07 Å². The Labute approximate surface area is 212 Å². The van der Waals surface area contributed by atoms with Gasteiger partial charge in [-0.05, 0) is 84.1 Å². The number of carbonyl (C=O) groups is 1. The van der Waals surface area contributed by atoms with Crippen molar-refractivity contribution in [2.24, 2.45) is 0 Å². The zero-order chi connectivity index (χ0) is 26.7. The third kappa shape index (κ3) is 5.65. The first-order valence-corrected chi connectivity index (χ1v) is 12.1. The second-order valence-electron chi connectivity index (χ2n) is 10.1. The maximum atomic E-state index is 13.4. The average Bonchev–Trinajstić information content (AvgIpc) is 2.79. The van der Waals surface area contributed by atoms with Crippen LogP contribution in [0.2, 0.25) is 0 Å². The summed E-state index contributed by atoms with van der Waals surface area (Å²) in [5.74, 6) is -0.994. The molecule has 0 aliphatic carbocycles. The first-order valence-electron chi connectivity index (χ1n) is 12.1. The Hall–Kier alpha value is -3.51. The van der Waals surface area contributed by atoms with Gasteiger partial charge in [-0.1, -0.05) is 41.0 Å². The minimum atomic E-state index is -1.57. The quantitative estimate of drug-likeness (QED) is 0.353. The molecule has 0 spiro atoms. The summed E-state index contributed by atoms with van der Waals surface area (Å²) in [5.41, 5.74) is 4.75. The van der Waals surface area contributed by atoms with Gasteiger partial charge in [-0.3, -0.25) is 4.79 Å². The van der Waals surface area contributed by atoms with Crippen LogP contribution >= 0.6 is 0 Å². The number of hydrogen-bond acceptors (Lipinski definition) is 6. The van der Waals surface area contributed by atoms with Crippen molar-refractivity contribution in [1.29, 1.82) is 0 Å². The molecule has 0 radical (unpaired) electrons. The summed E-state index contributed by atoms with van der Waals surface area (Å²) in [6, 6.07) is 4.83. The number of benzene rings is 2. The van der Waals surface area contributed by atoms with Crippen LogP contribution in [0.4, 0.5) is 0 Å². The molecule has 0 unspecified atom stereocenters. The van der Waals surface area contributed by atoms with Gasteiger partial charge in [-0.15, -0.1) is 0 Å². The number of phenolic OH excluding ortho intramolecular Hbond substituents is 3. The van der Waals surface area contributed by atoms with Crippen LogP contribution < -0.4 is 4.74 Å². The second-order valence-corrected chi connectivity index (χ2v) is 10.1. The molecule has 1 aliphatic rings. The zero-order valence-corrected chi connectivity index (χ0v) is 21.8. The molecule has 2 atom stereocenters. The maximum Gasteiger partial charge on any atom is 0.202 e. The van der Waals surface area contributed by atoms with Gasteiger partial charge in [0.05, 0.1) is 0 Å².